The number of benzene rings is 2. The van der Waals surface area contributed by atoms with Crippen molar-refractivity contribution in [2.24, 2.45) is 0 Å². The van der Waals surface area contributed by atoms with E-state index in [4.69, 9.17) is 0 Å². The highest BCUT2D eigenvalue weighted by molar-refractivity contribution is 7.98. The number of carbonyl (C=O) groups is 1. The predicted molar refractivity (Wildman–Crippen MR) is 112 cm³/mol. The molecule has 0 aliphatic rings. The van der Waals surface area contributed by atoms with Crippen LogP contribution in [-0.2, 0) is 5.75 Å². The van der Waals surface area contributed by atoms with E-state index >= 15 is 0 Å². The van der Waals surface area contributed by atoms with Crippen LogP contribution < -0.4 is 5.32 Å². The van der Waals surface area contributed by atoms with Gasteiger partial charge in [0.05, 0.1) is 0 Å². The molecule has 27 heavy (non-hydrogen) atoms. The third-order valence-corrected chi connectivity index (χ3v) is 5.56. The van der Waals surface area contributed by atoms with E-state index < -0.39 is 0 Å². The lowest BCUT2D eigenvalue weighted by Crippen LogP contribution is -2.25. The molecule has 138 valence electrons. The molecule has 0 saturated carbocycles. The standard InChI is InChI=1S/C23H24N2OS/c1-18(20-7-3-2-4-8-20)13-15-25-23(26)21-9-11-22(12-10-21)27-17-19-6-5-14-24-16-19/h2-12,14,16,18H,13,15,17H2,1H3,(H,25,26). The van der Waals surface area contributed by atoms with Crippen molar-refractivity contribution >= 4 is 17.7 Å². The molecule has 4 heteroatoms. The fourth-order valence-electron chi connectivity index (χ4n) is 2.81. The predicted octanol–water partition coefficient (Wildman–Crippen LogP) is 5.30. The maximum atomic E-state index is 12.3. The lowest BCUT2D eigenvalue weighted by molar-refractivity contribution is 0.0952. The quantitative estimate of drug-likeness (QED) is 0.543. The Morgan fingerprint density at radius 2 is 1.81 bits per heavy atom. The average Bonchev–Trinajstić information content (AvgIpc) is 2.74. The van der Waals surface area contributed by atoms with Crippen molar-refractivity contribution in [2.45, 2.75) is 29.9 Å². The summed E-state index contributed by atoms with van der Waals surface area (Å²) in [6.45, 7) is 2.86. The smallest absolute Gasteiger partial charge is 0.251 e. The second-order valence-electron chi connectivity index (χ2n) is 6.53. The molecule has 3 nitrogen and oxygen atoms in total. The lowest BCUT2D eigenvalue weighted by Gasteiger charge is -2.12. The van der Waals surface area contributed by atoms with Crippen molar-refractivity contribution in [3.63, 3.8) is 0 Å². The Hall–Kier alpha value is -2.59. The molecule has 1 N–H and O–H groups in total. The van der Waals surface area contributed by atoms with Crippen LogP contribution in [0.4, 0.5) is 0 Å². The molecule has 0 saturated heterocycles. The summed E-state index contributed by atoms with van der Waals surface area (Å²) in [6.07, 6.45) is 4.59. The van der Waals surface area contributed by atoms with Crippen LogP contribution in [0.5, 0.6) is 0 Å². The van der Waals surface area contributed by atoms with E-state index in [-0.39, 0.29) is 5.91 Å². The van der Waals surface area contributed by atoms with Gasteiger partial charge in [-0.25, -0.2) is 0 Å². The molecular weight excluding hydrogens is 352 g/mol. The number of hydrogen-bond donors (Lipinski definition) is 1. The molecule has 0 spiro atoms. The summed E-state index contributed by atoms with van der Waals surface area (Å²) in [6, 6.07) is 22.2. The van der Waals surface area contributed by atoms with E-state index in [9.17, 15) is 4.79 Å². The largest absolute Gasteiger partial charge is 0.352 e. The van der Waals surface area contributed by atoms with Crippen LogP contribution in [0.15, 0.2) is 84.0 Å². The normalized spacial score (nSPS) is 11.7. The summed E-state index contributed by atoms with van der Waals surface area (Å²) in [4.78, 5) is 17.6. The fourth-order valence-corrected chi connectivity index (χ4v) is 3.64. The van der Waals surface area contributed by atoms with Crippen molar-refractivity contribution in [2.75, 3.05) is 6.54 Å². The number of nitrogens with zero attached hydrogens (tertiary/aromatic N) is 1. The van der Waals surface area contributed by atoms with Gasteiger partial charge in [-0.2, -0.15) is 0 Å². The zero-order chi connectivity index (χ0) is 18.9. The van der Waals surface area contributed by atoms with E-state index in [1.807, 2.05) is 42.6 Å². The monoisotopic (exact) mass is 376 g/mol. The summed E-state index contributed by atoms with van der Waals surface area (Å²) in [5.41, 5.74) is 3.20. The minimum atomic E-state index is -0.0147. The second kappa shape index (κ2) is 9.93. The Balaban J connectivity index is 1.44. The van der Waals surface area contributed by atoms with Gasteiger partial charge >= 0.3 is 0 Å². The van der Waals surface area contributed by atoms with Gasteiger partial charge in [0.2, 0.25) is 0 Å². The minimum Gasteiger partial charge on any atom is -0.352 e. The summed E-state index contributed by atoms with van der Waals surface area (Å²) in [5, 5.41) is 3.02. The van der Waals surface area contributed by atoms with E-state index in [0.29, 0.717) is 18.0 Å². The molecule has 2 aromatic carbocycles. The molecule has 1 heterocycles. The van der Waals surface area contributed by atoms with Crippen LogP contribution in [0.2, 0.25) is 0 Å². The number of amides is 1. The first-order chi connectivity index (χ1) is 13.2. The minimum absolute atomic E-state index is 0.0147. The van der Waals surface area contributed by atoms with Gasteiger partial charge in [0.25, 0.3) is 5.91 Å². The first-order valence-electron chi connectivity index (χ1n) is 9.17. The molecule has 1 amide bonds. The van der Waals surface area contributed by atoms with Crippen molar-refractivity contribution < 1.29 is 4.79 Å². The number of hydrogen-bond acceptors (Lipinski definition) is 3. The molecule has 3 rings (SSSR count). The first kappa shape index (κ1) is 19.2. The van der Waals surface area contributed by atoms with Gasteiger partial charge in [-0.15, -0.1) is 11.8 Å². The third-order valence-electron chi connectivity index (χ3n) is 4.48. The van der Waals surface area contributed by atoms with Crippen molar-refractivity contribution in [1.82, 2.24) is 10.3 Å². The summed E-state index contributed by atoms with van der Waals surface area (Å²) in [5.74, 6) is 1.29. The molecule has 0 aliphatic heterocycles. The number of aromatic nitrogens is 1. The number of carbonyl (C=O) groups excluding carboxylic acids is 1. The number of nitrogens with one attached hydrogen (secondary N) is 1. The fraction of sp³-hybridized carbons (Fsp3) is 0.217. The maximum Gasteiger partial charge on any atom is 0.251 e. The van der Waals surface area contributed by atoms with Gasteiger partial charge in [0, 0.05) is 35.2 Å². The van der Waals surface area contributed by atoms with Gasteiger partial charge < -0.3 is 5.32 Å². The lowest BCUT2D eigenvalue weighted by atomic mass is 9.98. The van der Waals surface area contributed by atoms with E-state index in [1.165, 1.54) is 11.1 Å². The maximum absolute atomic E-state index is 12.3. The Labute approximate surface area is 165 Å². The van der Waals surface area contributed by atoms with Crippen molar-refractivity contribution in [3.05, 3.63) is 95.8 Å². The molecule has 1 atom stereocenters. The molecule has 1 unspecified atom stereocenters. The van der Waals surface area contributed by atoms with Crippen LogP contribution in [0.3, 0.4) is 0 Å². The molecule has 1 aromatic heterocycles. The van der Waals surface area contributed by atoms with E-state index in [1.54, 1.807) is 18.0 Å². The van der Waals surface area contributed by atoms with Gasteiger partial charge in [0.15, 0.2) is 0 Å². The van der Waals surface area contributed by atoms with Crippen molar-refractivity contribution in [3.8, 4) is 0 Å². The van der Waals surface area contributed by atoms with Gasteiger partial charge in [-0.3, -0.25) is 9.78 Å². The van der Waals surface area contributed by atoms with Crippen LogP contribution in [0.25, 0.3) is 0 Å². The van der Waals surface area contributed by atoms with Gasteiger partial charge in [-0.1, -0.05) is 43.3 Å². The van der Waals surface area contributed by atoms with Gasteiger partial charge in [0.1, 0.15) is 0 Å². The Kier molecular flexibility index (Phi) is 7.05. The topological polar surface area (TPSA) is 42.0 Å². The Bertz CT molecular complexity index is 835. The molecule has 0 radical (unpaired) electrons. The third kappa shape index (κ3) is 5.97. The molecule has 0 aliphatic carbocycles. The van der Waals surface area contributed by atoms with Crippen LogP contribution in [0, 0.1) is 0 Å². The highest BCUT2D eigenvalue weighted by Gasteiger charge is 2.08. The number of rotatable bonds is 8. The van der Waals surface area contributed by atoms with Crippen LogP contribution in [-0.4, -0.2) is 17.4 Å². The number of pyridine rings is 1. The van der Waals surface area contributed by atoms with Crippen LogP contribution in [0.1, 0.15) is 40.7 Å². The Morgan fingerprint density at radius 1 is 1.04 bits per heavy atom. The highest BCUT2D eigenvalue weighted by Crippen LogP contribution is 2.23. The highest BCUT2D eigenvalue weighted by atomic mass is 32.2. The SMILES string of the molecule is CC(CCNC(=O)c1ccc(SCc2cccnc2)cc1)c1ccccc1. The van der Waals surface area contributed by atoms with Crippen LogP contribution >= 0.6 is 11.8 Å². The van der Waals surface area contributed by atoms with E-state index in [0.717, 1.165) is 17.1 Å². The molecule has 3 aromatic rings. The average molecular weight is 377 g/mol. The summed E-state index contributed by atoms with van der Waals surface area (Å²) >= 11 is 1.74. The first-order valence-corrected chi connectivity index (χ1v) is 10.2. The zero-order valence-electron chi connectivity index (χ0n) is 15.5. The molecule has 0 bridgehead atoms. The zero-order valence-corrected chi connectivity index (χ0v) is 16.3. The molecule has 0 fully saturated rings. The summed E-state index contributed by atoms with van der Waals surface area (Å²) < 4.78 is 0. The molecular formula is C23H24N2OS. The van der Waals surface area contributed by atoms with Crippen molar-refractivity contribution in [1.29, 1.82) is 0 Å². The Morgan fingerprint density at radius 3 is 2.52 bits per heavy atom. The second-order valence-corrected chi connectivity index (χ2v) is 7.58. The van der Waals surface area contributed by atoms with E-state index in [2.05, 4.69) is 47.6 Å². The number of thioether (sulfide) groups is 1. The summed E-state index contributed by atoms with van der Waals surface area (Å²) in [7, 11) is 0. The van der Waals surface area contributed by atoms with Gasteiger partial charge in [-0.05, 0) is 53.8 Å².